The Morgan fingerprint density at radius 3 is 2.03 bits per heavy atom. The maximum atomic E-state index is 13.6. The van der Waals surface area contributed by atoms with Crippen LogP contribution in [0.25, 0.3) is 0 Å². The third kappa shape index (κ3) is 4.90. The molecule has 172 valence electrons. The van der Waals surface area contributed by atoms with Gasteiger partial charge in [-0.2, -0.15) is 13.2 Å². The molecule has 2 aliphatic rings. The third-order valence-corrected chi connectivity index (χ3v) is 6.04. The number of amides is 2. The number of rotatable bonds is 2. The highest BCUT2D eigenvalue weighted by Gasteiger charge is 2.70. The van der Waals surface area contributed by atoms with Crippen molar-refractivity contribution in [3.63, 3.8) is 0 Å². The van der Waals surface area contributed by atoms with E-state index in [0.29, 0.717) is 15.6 Å². The second kappa shape index (κ2) is 8.03. The summed E-state index contributed by atoms with van der Waals surface area (Å²) in [6.07, 6.45) is -5.67. The van der Waals surface area contributed by atoms with Crippen molar-refractivity contribution in [3.8, 4) is 0 Å². The highest BCUT2D eigenvalue weighted by molar-refractivity contribution is 6.34. The van der Waals surface area contributed by atoms with Gasteiger partial charge < -0.3 is 9.64 Å². The first-order chi connectivity index (χ1) is 14.1. The van der Waals surface area contributed by atoms with Gasteiger partial charge in [-0.15, -0.1) is 0 Å². The lowest BCUT2D eigenvalue weighted by Gasteiger charge is -2.46. The van der Waals surface area contributed by atoms with Crippen molar-refractivity contribution in [2.75, 3.05) is 13.1 Å². The summed E-state index contributed by atoms with van der Waals surface area (Å²) in [5.41, 5.74) is -2.57. The number of carbonyl (C=O) groups is 2. The molecule has 1 aromatic carbocycles. The lowest BCUT2D eigenvalue weighted by molar-refractivity contribution is -0.201. The minimum atomic E-state index is -4.61. The molecule has 0 bridgehead atoms. The number of nitrogens with zero attached hydrogens (tertiary/aromatic N) is 2. The van der Waals surface area contributed by atoms with E-state index in [-0.39, 0.29) is 25.9 Å². The number of carbonyl (C=O) groups excluding carboxylic acids is 2. The van der Waals surface area contributed by atoms with E-state index in [2.05, 4.69) is 0 Å². The van der Waals surface area contributed by atoms with Gasteiger partial charge in [0.1, 0.15) is 11.0 Å². The van der Waals surface area contributed by atoms with Crippen LogP contribution in [-0.2, 0) is 9.53 Å². The van der Waals surface area contributed by atoms with Gasteiger partial charge in [0, 0.05) is 29.2 Å². The quantitative estimate of drug-likeness (QED) is 0.533. The van der Waals surface area contributed by atoms with Crippen LogP contribution in [0.2, 0.25) is 10.0 Å². The van der Waals surface area contributed by atoms with E-state index < -0.39 is 41.3 Å². The van der Waals surface area contributed by atoms with Gasteiger partial charge in [0.2, 0.25) is 5.91 Å². The topological polar surface area (TPSA) is 49.9 Å². The monoisotopic (exact) mass is 480 g/mol. The van der Waals surface area contributed by atoms with Crippen molar-refractivity contribution >= 4 is 35.2 Å². The van der Waals surface area contributed by atoms with Gasteiger partial charge in [-0.3, -0.25) is 9.69 Å². The van der Waals surface area contributed by atoms with Gasteiger partial charge in [-0.1, -0.05) is 23.2 Å². The van der Waals surface area contributed by atoms with Crippen LogP contribution in [0.4, 0.5) is 18.0 Å². The molecule has 1 unspecified atom stereocenters. The Labute approximate surface area is 189 Å². The second-order valence-corrected chi connectivity index (χ2v) is 10.1. The van der Waals surface area contributed by atoms with Crippen molar-refractivity contribution in [1.29, 1.82) is 0 Å². The minimum Gasteiger partial charge on any atom is -0.444 e. The first kappa shape index (κ1) is 24.0. The van der Waals surface area contributed by atoms with E-state index in [1.54, 1.807) is 39.8 Å². The zero-order valence-electron chi connectivity index (χ0n) is 17.7. The molecule has 1 saturated heterocycles. The van der Waals surface area contributed by atoms with Crippen molar-refractivity contribution in [2.45, 2.75) is 64.4 Å². The van der Waals surface area contributed by atoms with Gasteiger partial charge >= 0.3 is 12.3 Å². The summed E-state index contributed by atoms with van der Waals surface area (Å²) in [6.45, 7) is 6.69. The first-order valence-corrected chi connectivity index (χ1v) is 10.7. The molecule has 1 heterocycles. The lowest BCUT2D eigenvalue weighted by atomic mass is 9.96. The highest BCUT2D eigenvalue weighted by Crippen LogP contribution is 2.59. The Bertz CT molecular complexity index is 861. The molecule has 10 heteroatoms. The van der Waals surface area contributed by atoms with Crippen LogP contribution in [0.15, 0.2) is 18.2 Å². The van der Waals surface area contributed by atoms with Gasteiger partial charge in [0.25, 0.3) is 0 Å². The van der Waals surface area contributed by atoms with E-state index in [1.165, 1.54) is 15.9 Å². The standard InChI is InChI=1S/C21H25Cl2F3N2O3/c1-12-10-28(18(30)31-19(2,3)4)16(13-7-14(22)9-15(23)8-13)11-27(12)17(29)20(5-6-20)21(24,25)26/h7-9,12,16H,5-6,10-11H2,1-4H3/t12-,16?/m1/s1. The molecule has 0 aromatic heterocycles. The second-order valence-electron chi connectivity index (χ2n) is 9.24. The number of alkyl halides is 3. The summed E-state index contributed by atoms with van der Waals surface area (Å²) in [4.78, 5) is 28.5. The SMILES string of the molecule is C[C@@H]1CN(C(=O)OC(C)(C)C)C(c2cc(Cl)cc(Cl)c2)CN1C(=O)C1(C(F)(F)F)CC1. The van der Waals surface area contributed by atoms with Crippen LogP contribution in [0.1, 0.15) is 52.1 Å². The van der Waals surface area contributed by atoms with E-state index in [1.807, 2.05) is 0 Å². The van der Waals surface area contributed by atoms with E-state index >= 15 is 0 Å². The van der Waals surface area contributed by atoms with Crippen LogP contribution >= 0.6 is 23.2 Å². The Kier molecular flexibility index (Phi) is 6.21. The van der Waals surface area contributed by atoms with E-state index in [4.69, 9.17) is 27.9 Å². The largest absolute Gasteiger partial charge is 0.444 e. The van der Waals surface area contributed by atoms with Gasteiger partial charge in [0.05, 0.1) is 6.04 Å². The predicted molar refractivity (Wildman–Crippen MR) is 111 cm³/mol. The highest BCUT2D eigenvalue weighted by atomic mass is 35.5. The molecule has 2 amide bonds. The molecule has 1 aromatic rings. The zero-order valence-corrected chi connectivity index (χ0v) is 19.2. The average Bonchev–Trinajstić information content (AvgIpc) is 3.40. The summed E-state index contributed by atoms with van der Waals surface area (Å²) in [5, 5.41) is 0.634. The molecular formula is C21H25Cl2F3N2O3. The Morgan fingerprint density at radius 1 is 1.03 bits per heavy atom. The molecule has 31 heavy (non-hydrogen) atoms. The third-order valence-electron chi connectivity index (χ3n) is 5.60. The summed E-state index contributed by atoms with van der Waals surface area (Å²) < 4.78 is 46.2. The van der Waals surface area contributed by atoms with Crippen molar-refractivity contribution in [1.82, 2.24) is 9.80 Å². The molecule has 1 aliphatic heterocycles. The lowest BCUT2D eigenvalue weighted by Crippen LogP contribution is -2.59. The number of hydrogen-bond acceptors (Lipinski definition) is 3. The average molecular weight is 481 g/mol. The molecule has 0 N–H and O–H groups in total. The number of halogens is 5. The molecule has 2 atom stereocenters. The first-order valence-electron chi connectivity index (χ1n) is 9.98. The maximum absolute atomic E-state index is 13.6. The summed E-state index contributed by atoms with van der Waals surface area (Å²) in [6, 6.07) is 3.32. The summed E-state index contributed by atoms with van der Waals surface area (Å²) in [5.74, 6) is -0.950. The molecule has 0 spiro atoms. The maximum Gasteiger partial charge on any atom is 0.410 e. The van der Waals surface area contributed by atoms with Crippen LogP contribution in [-0.4, -0.2) is 52.7 Å². The molecule has 3 rings (SSSR count). The van der Waals surface area contributed by atoms with E-state index in [0.717, 1.165) is 0 Å². The van der Waals surface area contributed by atoms with Crippen molar-refractivity contribution in [2.24, 2.45) is 5.41 Å². The molecule has 5 nitrogen and oxygen atoms in total. The Balaban J connectivity index is 1.96. The summed E-state index contributed by atoms with van der Waals surface area (Å²) >= 11 is 12.2. The fourth-order valence-electron chi connectivity index (χ4n) is 3.85. The van der Waals surface area contributed by atoms with Gasteiger partial charge in [-0.25, -0.2) is 4.79 Å². The van der Waals surface area contributed by atoms with Crippen LogP contribution < -0.4 is 0 Å². The number of benzene rings is 1. The molecule has 1 aliphatic carbocycles. The normalized spacial score (nSPS) is 23.5. The van der Waals surface area contributed by atoms with Crippen molar-refractivity contribution < 1.29 is 27.5 Å². The van der Waals surface area contributed by atoms with Crippen LogP contribution in [0.3, 0.4) is 0 Å². The fourth-order valence-corrected chi connectivity index (χ4v) is 4.40. The molecule has 0 radical (unpaired) electrons. The van der Waals surface area contributed by atoms with E-state index in [9.17, 15) is 22.8 Å². The Hall–Kier alpha value is -1.67. The molecular weight excluding hydrogens is 456 g/mol. The summed E-state index contributed by atoms with van der Waals surface area (Å²) in [7, 11) is 0. The fraction of sp³-hybridized carbons (Fsp3) is 0.619. The predicted octanol–water partition coefficient (Wildman–Crippen LogP) is 5.84. The van der Waals surface area contributed by atoms with Gasteiger partial charge in [0.15, 0.2) is 0 Å². The number of ether oxygens (including phenoxy) is 1. The Morgan fingerprint density at radius 2 is 1.58 bits per heavy atom. The van der Waals surface area contributed by atoms with Gasteiger partial charge in [-0.05, 0) is 64.3 Å². The molecule has 1 saturated carbocycles. The number of piperazine rings is 1. The number of hydrogen-bond donors (Lipinski definition) is 0. The van der Waals surface area contributed by atoms with Crippen molar-refractivity contribution in [3.05, 3.63) is 33.8 Å². The minimum absolute atomic E-state index is 0.0173. The van der Waals surface area contributed by atoms with Crippen LogP contribution in [0, 0.1) is 5.41 Å². The molecule has 2 fully saturated rings. The van der Waals surface area contributed by atoms with Crippen LogP contribution in [0.5, 0.6) is 0 Å². The zero-order chi connectivity index (χ0) is 23.4. The smallest absolute Gasteiger partial charge is 0.410 e.